The Kier molecular flexibility index (Phi) is 3.98. The van der Waals surface area contributed by atoms with E-state index in [0.29, 0.717) is 12.2 Å². The Morgan fingerprint density at radius 1 is 1.30 bits per heavy atom. The molecule has 0 aliphatic heterocycles. The smallest absolute Gasteiger partial charge is 0.277 e. The number of hydrogen-bond acceptors (Lipinski definition) is 3. The lowest BCUT2D eigenvalue weighted by Gasteiger charge is -2.09. The van der Waals surface area contributed by atoms with Gasteiger partial charge in [0.2, 0.25) is 0 Å². The molecule has 0 amide bonds. The van der Waals surface area contributed by atoms with Crippen LogP contribution in [0.4, 0.5) is 0 Å². The molecular weight excluding hydrogens is 252 g/mol. The van der Waals surface area contributed by atoms with E-state index < -0.39 is 0 Å². The fourth-order valence-electron chi connectivity index (χ4n) is 2.00. The number of hydrogen-bond donors (Lipinski definition) is 2. The van der Waals surface area contributed by atoms with Crippen LogP contribution in [0.1, 0.15) is 25.0 Å². The van der Waals surface area contributed by atoms with E-state index in [0.717, 1.165) is 12.0 Å². The van der Waals surface area contributed by atoms with Crippen LogP contribution in [0.5, 0.6) is 0 Å². The Bertz CT molecular complexity index is 686. The fraction of sp³-hybridized carbons (Fsp3) is 0.267. The minimum atomic E-state index is -0.325. The van der Waals surface area contributed by atoms with Gasteiger partial charge in [-0.2, -0.15) is 5.10 Å². The van der Waals surface area contributed by atoms with Crippen molar-refractivity contribution in [2.45, 2.75) is 26.8 Å². The number of amidine groups is 1. The summed E-state index contributed by atoms with van der Waals surface area (Å²) in [5, 5.41) is 11.8. The van der Waals surface area contributed by atoms with Crippen LogP contribution in [0.25, 0.3) is 11.3 Å². The molecule has 104 valence electrons. The summed E-state index contributed by atoms with van der Waals surface area (Å²) in [6, 6.07) is 9.58. The van der Waals surface area contributed by atoms with Crippen LogP contribution >= 0.6 is 0 Å². The van der Waals surface area contributed by atoms with Crippen LogP contribution in [0.15, 0.2) is 35.1 Å². The van der Waals surface area contributed by atoms with Gasteiger partial charge >= 0.3 is 0 Å². The van der Waals surface area contributed by atoms with Crippen LogP contribution in [-0.4, -0.2) is 15.6 Å². The summed E-state index contributed by atoms with van der Waals surface area (Å²) >= 11 is 0. The van der Waals surface area contributed by atoms with Gasteiger partial charge in [0.25, 0.3) is 5.56 Å². The SMILES string of the molecule is CCc1ccc(-c2cc(C(=N)N)c(=O)n(CC)n2)cc1. The maximum absolute atomic E-state index is 12.0. The van der Waals surface area contributed by atoms with Crippen molar-refractivity contribution in [3.8, 4) is 11.3 Å². The van der Waals surface area contributed by atoms with Gasteiger partial charge in [-0.25, -0.2) is 4.68 Å². The molecule has 20 heavy (non-hydrogen) atoms. The van der Waals surface area contributed by atoms with Crippen LogP contribution in [0, 0.1) is 5.41 Å². The predicted molar refractivity (Wildman–Crippen MR) is 80.0 cm³/mol. The Morgan fingerprint density at radius 2 is 1.95 bits per heavy atom. The van der Waals surface area contributed by atoms with E-state index in [2.05, 4.69) is 12.0 Å². The lowest BCUT2D eigenvalue weighted by Crippen LogP contribution is -2.31. The molecule has 1 aromatic heterocycles. The molecule has 3 N–H and O–H groups in total. The average Bonchev–Trinajstić information content (AvgIpc) is 2.47. The molecule has 0 aliphatic rings. The number of aryl methyl sites for hydroxylation is 2. The molecule has 2 rings (SSSR count). The van der Waals surface area contributed by atoms with Gasteiger partial charge < -0.3 is 5.73 Å². The third-order valence-electron chi connectivity index (χ3n) is 3.22. The summed E-state index contributed by atoms with van der Waals surface area (Å²) < 4.78 is 1.33. The first-order chi connectivity index (χ1) is 9.56. The first kappa shape index (κ1) is 14.0. The van der Waals surface area contributed by atoms with Crippen molar-refractivity contribution in [2.24, 2.45) is 5.73 Å². The van der Waals surface area contributed by atoms with Crippen molar-refractivity contribution in [3.63, 3.8) is 0 Å². The maximum atomic E-state index is 12.0. The Hall–Kier alpha value is -2.43. The number of nitrogens with two attached hydrogens (primary N) is 1. The Balaban J connectivity index is 2.58. The summed E-state index contributed by atoms with van der Waals surface area (Å²) in [7, 11) is 0. The summed E-state index contributed by atoms with van der Waals surface area (Å²) in [5.41, 5.74) is 8.14. The van der Waals surface area contributed by atoms with Crippen molar-refractivity contribution in [2.75, 3.05) is 0 Å². The average molecular weight is 270 g/mol. The molecule has 0 unspecified atom stereocenters. The first-order valence-corrected chi connectivity index (χ1v) is 6.62. The number of rotatable bonds is 4. The van der Waals surface area contributed by atoms with E-state index in [1.165, 1.54) is 10.2 Å². The molecule has 0 saturated carbocycles. The zero-order valence-corrected chi connectivity index (χ0v) is 11.7. The molecule has 1 aromatic carbocycles. The minimum absolute atomic E-state index is 0.191. The number of benzene rings is 1. The van der Waals surface area contributed by atoms with Crippen molar-refractivity contribution in [1.29, 1.82) is 5.41 Å². The summed E-state index contributed by atoms with van der Waals surface area (Å²) in [5.74, 6) is -0.231. The van der Waals surface area contributed by atoms with Crippen molar-refractivity contribution >= 4 is 5.84 Å². The topological polar surface area (TPSA) is 84.8 Å². The van der Waals surface area contributed by atoms with E-state index >= 15 is 0 Å². The number of aromatic nitrogens is 2. The van der Waals surface area contributed by atoms with E-state index in [1.54, 1.807) is 6.07 Å². The first-order valence-electron chi connectivity index (χ1n) is 6.62. The van der Waals surface area contributed by atoms with Crippen LogP contribution in [0.3, 0.4) is 0 Å². The Labute approximate surface area is 117 Å². The van der Waals surface area contributed by atoms with Gasteiger partial charge in [0, 0.05) is 12.1 Å². The van der Waals surface area contributed by atoms with E-state index in [-0.39, 0.29) is 17.0 Å². The quantitative estimate of drug-likeness (QED) is 0.656. The van der Waals surface area contributed by atoms with E-state index in [1.807, 2.05) is 31.2 Å². The van der Waals surface area contributed by atoms with Gasteiger partial charge in [0.15, 0.2) is 0 Å². The highest BCUT2D eigenvalue weighted by Crippen LogP contribution is 2.17. The lowest BCUT2D eigenvalue weighted by molar-refractivity contribution is 0.617. The fourth-order valence-corrected chi connectivity index (χ4v) is 2.00. The molecule has 0 saturated heterocycles. The third-order valence-corrected chi connectivity index (χ3v) is 3.22. The van der Waals surface area contributed by atoms with Crippen LogP contribution in [-0.2, 0) is 13.0 Å². The van der Waals surface area contributed by atoms with Gasteiger partial charge in [-0.15, -0.1) is 0 Å². The van der Waals surface area contributed by atoms with Crippen molar-refractivity contribution in [3.05, 3.63) is 51.8 Å². The molecule has 0 spiro atoms. The van der Waals surface area contributed by atoms with Crippen molar-refractivity contribution in [1.82, 2.24) is 9.78 Å². The van der Waals surface area contributed by atoms with Crippen LogP contribution in [0.2, 0.25) is 0 Å². The number of nitrogen functional groups attached to an aromatic ring is 1. The molecule has 0 atom stereocenters. The zero-order valence-electron chi connectivity index (χ0n) is 11.7. The summed E-state index contributed by atoms with van der Waals surface area (Å²) in [4.78, 5) is 12.0. The highest BCUT2D eigenvalue weighted by Gasteiger charge is 2.11. The molecule has 0 fully saturated rings. The zero-order chi connectivity index (χ0) is 14.7. The largest absolute Gasteiger partial charge is 0.384 e. The minimum Gasteiger partial charge on any atom is -0.384 e. The van der Waals surface area contributed by atoms with Crippen molar-refractivity contribution < 1.29 is 0 Å². The molecule has 0 bridgehead atoms. The molecule has 0 aliphatic carbocycles. The normalized spacial score (nSPS) is 10.5. The lowest BCUT2D eigenvalue weighted by atomic mass is 10.1. The Morgan fingerprint density at radius 3 is 2.45 bits per heavy atom. The van der Waals surface area contributed by atoms with Gasteiger partial charge in [-0.1, -0.05) is 31.2 Å². The second-order valence-corrected chi connectivity index (χ2v) is 4.53. The predicted octanol–water partition coefficient (Wildman–Crippen LogP) is 1.78. The standard InChI is InChI=1S/C15H18N4O/c1-3-10-5-7-11(8-6-10)13-9-12(14(16)17)15(20)19(4-2)18-13/h5-9H,3-4H2,1-2H3,(H3,16,17). The highest BCUT2D eigenvalue weighted by molar-refractivity contribution is 5.95. The monoisotopic (exact) mass is 270 g/mol. The number of nitrogens with one attached hydrogen (secondary N) is 1. The number of nitrogens with zero attached hydrogens (tertiary/aromatic N) is 2. The van der Waals surface area contributed by atoms with E-state index in [9.17, 15) is 4.79 Å². The third kappa shape index (κ3) is 2.61. The summed E-state index contributed by atoms with van der Waals surface area (Å²) in [6.07, 6.45) is 0.973. The van der Waals surface area contributed by atoms with E-state index in [4.69, 9.17) is 11.1 Å². The van der Waals surface area contributed by atoms with Gasteiger partial charge in [0.1, 0.15) is 5.84 Å². The van der Waals surface area contributed by atoms with Gasteiger partial charge in [0.05, 0.1) is 11.3 Å². The maximum Gasteiger partial charge on any atom is 0.277 e. The van der Waals surface area contributed by atoms with Gasteiger partial charge in [-0.05, 0) is 25.0 Å². The molecule has 0 radical (unpaired) electrons. The van der Waals surface area contributed by atoms with Gasteiger partial charge in [-0.3, -0.25) is 10.2 Å². The summed E-state index contributed by atoms with van der Waals surface area (Å²) in [6.45, 7) is 4.38. The molecule has 2 aromatic rings. The highest BCUT2D eigenvalue weighted by atomic mass is 16.1. The molecule has 1 heterocycles. The van der Waals surface area contributed by atoms with Crippen LogP contribution < -0.4 is 11.3 Å². The molecular formula is C15H18N4O. The second kappa shape index (κ2) is 5.69. The molecule has 5 nitrogen and oxygen atoms in total. The molecule has 5 heteroatoms. The second-order valence-electron chi connectivity index (χ2n) is 4.53.